The molecular formula is C17H20N2O3. The number of carboxylic acid groups (broad SMARTS) is 1. The number of aromatic carboxylic acids is 1. The number of aliphatic hydroxyl groups is 1. The molecule has 2 N–H and O–H groups in total. The van der Waals surface area contributed by atoms with E-state index in [-0.39, 0.29) is 23.5 Å². The molecule has 3 rings (SSSR count). The van der Waals surface area contributed by atoms with Crippen LogP contribution < -0.4 is 4.90 Å². The zero-order valence-electron chi connectivity index (χ0n) is 12.7. The lowest BCUT2D eigenvalue weighted by molar-refractivity contribution is 0.0530. The van der Waals surface area contributed by atoms with Crippen molar-refractivity contribution in [3.05, 3.63) is 36.0 Å². The van der Waals surface area contributed by atoms with E-state index in [1.54, 1.807) is 0 Å². The van der Waals surface area contributed by atoms with Crippen LogP contribution in [0.15, 0.2) is 30.5 Å². The van der Waals surface area contributed by atoms with Crippen LogP contribution in [0.2, 0.25) is 0 Å². The SMILES string of the molecule is CC1CN(c2ccc3nccc(C(=O)O)c3c2)CC(C)C1O. The van der Waals surface area contributed by atoms with Crippen molar-refractivity contribution >= 4 is 22.6 Å². The van der Waals surface area contributed by atoms with Gasteiger partial charge in [0.15, 0.2) is 0 Å². The molecule has 1 aromatic heterocycles. The molecule has 0 amide bonds. The summed E-state index contributed by atoms with van der Waals surface area (Å²) >= 11 is 0. The fraction of sp³-hybridized carbons (Fsp3) is 0.412. The summed E-state index contributed by atoms with van der Waals surface area (Å²) in [5, 5.41) is 20.1. The number of aromatic nitrogens is 1. The molecule has 22 heavy (non-hydrogen) atoms. The smallest absolute Gasteiger partial charge is 0.336 e. The van der Waals surface area contributed by atoms with Gasteiger partial charge in [-0.2, -0.15) is 0 Å². The highest BCUT2D eigenvalue weighted by Crippen LogP contribution is 2.29. The lowest BCUT2D eigenvalue weighted by Crippen LogP contribution is -2.47. The summed E-state index contributed by atoms with van der Waals surface area (Å²) in [4.78, 5) is 17.8. The molecule has 1 aliphatic heterocycles. The monoisotopic (exact) mass is 300 g/mol. The van der Waals surface area contributed by atoms with Crippen molar-refractivity contribution in [2.24, 2.45) is 11.8 Å². The molecule has 0 spiro atoms. The van der Waals surface area contributed by atoms with E-state index in [1.807, 2.05) is 32.0 Å². The number of pyridine rings is 1. The molecule has 2 heterocycles. The molecular weight excluding hydrogens is 280 g/mol. The third-order valence-electron chi connectivity index (χ3n) is 4.50. The third-order valence-corrected chi connectivity index (χ3v) is 4.50. The second kappa shape index (κ2) is 5.57. The largest absolute Gasteiger partial charge is 0.478 e. The molecule has 5 heteroatoms. The number of piperidine rings is 1. The number of hydrogen-bond donors (Lipinski definition) is 2. The molecule has 0 saturated carbocycles. The van der Waals surface area contributed by atoms with Gasteiger partial charge in [0.05, 0.1) is 17.2 Å². The van der Waals surface area contributed by atoms with Gasteiger partial charge in [-0.3, -0.25) is 4.98 Å². The predicted octanol–water partition coefficient (Wildman–Crippen LogP) is 2.39. The first kappa shape index (κ1) is 14.8. The summed E-state index contributed by atoms with van der Waals surface area (Å²) in [5.74, 6) is -0.570. The first-order valence-electron chi connectivity index (χ1n) is 7.52. The minimum atomic E-state index is -0.944. The van der Waals surface area contributed by atoms with Gasteiger partial charge in [-0.05, 0) is 36.1 Å². The van der Waals surface area contributed by atoms with Crippen molar-refractivity contribution in [2.75, 3.05) is 18.0 Å². The number of benzene rings is 1. The summed E-state index contributed by atoms with van der Waals surface area (Å²) in [5.41, 5.74) is 1.93. The maximum atomic E-state index is 11.4. The van der Waals surface area contributed by atoms with Gasteiger partial charge >= 0.3 is 5.97 Å². The number of carbonyl (C=O) groups is 1. The number of anilines is 1. The molecule has 2 unspecified atom stereocenters. The number of hydrogen-bond acceptors (Lipinski definition) is 4. The topological polar surface area (TPSA) is 73.7 Å². The second-order valence-electron chi connectivity index (χ2n) is 6.22. The van der Waals surface area contributed by atoms with Crippen LogP contribution in [0.1, 0.15) is 24.2 Å². The molecule has 2 aromatic rings. The highest BCUT2D eigenvalue weighted by Gasteiger charge is 2.30. The van der Waals surface area contributed by atoms with Crippen LogP contribution in [0.3, 0.4) is 0 Å². The van der Waals surface area contributed by atoms with Crippen LogP contribution >= 0.6 is 0 Å². The van der Waals surface area contributed by atoms with Crippen LogP contribution in [0.25, 0.3) is 10.9 Å². The zero-order valence-corrected chi connectivity index (χ0v) is 12.7. The number of rotatable bonds is 2. The van der Waals surface area contributed by atoms with E-state index in [1.165, 1.54) is 12.3 Å². The lowest BCUT2D eigenvalue weighted by atomic mass is 9.88. The third kappa shape index (κ3) is 2.52. The van der Waals surface area contributed by atoms with Gasteiger partial charge in [-0.15, -0.1) is 0 Å². The van der Waals surface area contributed by atoms with E-state index >= 15 is 0 Å². The van der Waals surface area contributed by atoms with E-state index in [0.717, 1.165) is 18.8 Å². The van der Waals surface area contributed by atoms with Crippen LogP contribution in [0.4, 0.5) is 5.69 Å². The van der Waals surface area contributed by atoms with E-state index < -0.39 is 5.97 Å². The molecule has 1 fully saturated rings. The summed E-state index contributed by atoms with van der Waals surface area (Å²) in [6, 6.07) is 7.25. The average Bonchev–Trinajstić information content (AvgIpc) is 2.50. The highest BCUT2D eigenvalue weighted by atomic mass is 16.4. The standard InChI is InChI=1S/C17H20N2O3/c1-10-8-19(9-11(2)16(10)20)12-3-4-15-14(7-12)13(17(21)22)5-6-18-15/h3-7,10-11,16,20H,8-9H2,1-2H3,(H,21,22). The van der Waals surface area contributed by atoms with E-state index in [9.17, 15) is 15.0 Å². The van der Waals surface area contributed by atoms with E-state index in [0.29, 0.717) is 10.9 Å². The van der Waals surface area contributed by atoms with Gasteiger partial charge in [0.2, 0.25) is 0 Å². The lowest BCUT2D eigenvalue weighted by Gasteiger charge is -2.40. The molecule has 1 aliphatic rings. The normalized spacial score (nSPS) is 25.4. The van der Waals surface area contributed by atoms with Crippen molar-refractivity contribution in [1.29, 1.82) is 0 Å². The molecule has 116 valence electrons. The Hall–Kier alpha value is -2.14. The molecule has 2 atom stereocenters. The molecule has 0 radical (unpaired) electrons. The molecule has 1 aromatic carbocycles. The zero-order chi connectivity index (χ0) is 15.9. The fourth-order valence-electron chi connectivity index (χ4n) is 3.27. The van der Waals surface area contributed by atoms with Crippen molar-refractivity contribution in [2.45, 2.75) is 20.0 Å². The number of aliphatic hydroxyl groups excluding tert-OH is 1. The van der Waals surface area contributed by atoms with Crippen LogP contribution in [0.5, 0.6) is 0 Å². The van der Waals surface area contributed by atoms with Crippen molar-refractivity contribution < 1.29 is 15.0 Å². The summed E-state index contributed by atoms with van der Waals surface area (Å²) in [6.45, 7) is 5.61. The van der Waals surface area contributed by atoms with Crippen LogP contribution in [-0.4, -0.2) is 40.4 Å². The second-order valence-corrected chi connectivity index (χ2v) is 6.22. The average molecular weight is 300 g/mol. The Morgan fingerprint density at radius 2 is 1.91 bits per heavy atom. The Morgan fingerprint density at radius 1 is 1.23 bits per heavy atom. The van der Waals surface area contributed by atoms with Crippen molar-refractivity contribution in [1.82, 2.24) is 4.98 Å². The first-order valence-corrected chi connectivity index (χ1v) is 7.52. The van der Waals surface area contributed by atoms with Gasteiger partial charge in [-0.25, -0.2) is 4.79 Å². The highest BCUT2D eigenvalue weighted by molar-refractivity contribution is 6.03. The van der Waals surface area contributed by atoms with Gasteiger partial charge in [0.1, 0.15) is 0 Å². The number of nitrogens with zero attached hydrogens (tertiary/aromatic N) is 2. The van der Waals surface area contributed by atoms with E-state index in [2.05, 4.69) is 9.88 Å². The molecule has 5 nitrogen and oxygen atoms in total. The predicted molar refractivity (Wildman–Crippen MR) is 85.3 cm³/mol. The fourth-order valence-corrected chi connectivity index (χ4v) is 3.27. The summed E-state index contributed by atoms with van der Waals surface area (Å²) in [7, 11) is 0. The molecule has 0 aliphatic carbocycles. The number of fused-ring (bicyclic) bond motifs is 1. The van der Waals surface area contributed by atoms with E-state index in [4.69, 9.17) is 0 Å². The quantitative estimate of drug-likeness (QED) is 0.891. The first-order chi connectivity index (χ1) is 10.5. The summed E-state index contributed by atoms with van der Waals surface area (Å²) < 4.78 is 0. The minimum Gasteiger partial charge on any atom is -0.478 e. The van der Waals surface area contributed by atoms with Gasteiger partial charge in [-0.1, -0.05) is 13.8 Å². The molecule has 1 saturated heterocycles. The Balaban J connectivity index is 2.01. The number of carboxylic acids is 1. The van der Waals surface area contributed by atoms with Gasteiger partial charge < -0.3 is 15.1 Å². The van der Waals surface area contributed by atoms with Crippen molar-refractivity contribution in [3.63, 3.8) is 0 Å². The van der Waals surface area contributed by atoms with Crippen LogP contribution in [-0.2, 0) is 0 Å². The Morgan fingerprint density at radius 3 is 2.55 bits per heavy atom. The Labute approximate surface area is 129 Å². The Kier molecular flexibility index (Phi) is 3.74. The Bertz CT molecular complexity index is 704. The summed E-state index contributed by atoms with van der Waals surface area (Å²) in [6.07, 6.45) is 1.24. The van der Waals surface area contributed by atoms with Gasteiger partial charge in [0.25, 0.3) is 0 Å². The molecule has 0 bridgehead atoms. The van der Waals surface area contributed by atoms with Crippen LogP contribution in [0, 0.1) is 11.8 Å². The van der Waals surface area contributed by atoms with Crippen molar-refractivity contribution in [3.8, 4) is 0 Å². The van der Waals surface area contributed by atoms with Gasteiger partial charge in [0, 0.05) is 30.4 Å². The minimum absolute atomic E-state index is 0.187. The maximum absolute atomic E-state index is 11.4. The maximum Gasteiger partial charge on any atom is 0.336 e.